The zero-order valence-corrected chi connectivity index (χ0v) is 12.5. The third kappa shape index (κ3) is 3.92. The molecule has 0 aliphatic rings. The number of rotatable bonds is 8. The van der Waals surface area contributed by atoms with Crippen LogP contribution >= 0.6 is 0 Å². The summed E-state index contributed by atoms with van der Waals surface area (Å²) in [6.07, 6.45) is 5.81. The van der Waals surface area contributed by atoms with Gasteiger partial charge in [-0.2, -0.15) is 0 Å². The third-order valence-electron chi connectivity index (χ3n) is 3.66. The Balaban J connectivity index is 3.15. The minimum atomic E-state index is -0.958. The van der Waals surface area contributed by atoms with Crippen molar-refractivity contribution in [3.05, 3.63) is 72.9 Å². The Hall–Kier alpha value is -1.64. The van der Waals surface area contributed by atoms with Gasteiger partial charge in [0.15, 0.2) is 0 Å². The van der Waals surface area contributed by atoms with Crippen LogP contribution in [0.4, 0.5) is 0 Å². The van der Waals surface area contributed by atoms with Gasteiger partial charge in [0.05, 0.1) is 5.60 Å². The van der Waals surface area contributed by atoms with E-state index in [0.29, 0.717) is 6.42 Å². The second kappa shape index (κ2) is 7.83. The van der Waals surface area contributed by atoms with Crippen molar-refractivity contribution >= 4 is 0 Å². The molecule has 0 heterocycles. The molecule has 108 valence electrons. The van der Waals surface area contributed by atoms with E-state index in [4.69, 9.17) is 0 Å². The largest absolute Gasteiger partial charge is 0.384 e. The Morgan fingerprint density at radius 3 is 2.50 bits per heavy atom. The highest BCUT2D eigenvalue weighted by Gasteiger charge is 2.35. The van der Waals surface area contributed by atoms with Crippen LogP contribution in [0.5, 0.6) is 0 Å². The van der Waals surface area contributed by atoms with Gasteiger partial charge in [-0.05, 0) is 18.2 Å². The Kier molecular flexibility index (Phi) is 6.43. The zero-order chi connectivity index (χ0) is 15.0. The molecule has 0 amide bonds. The van der Waals surface area contributed by atoms with Gasteiger partial charge in [-0.3, -0.25) is 0 Å². The van der Waals surface area contributed by atoms with Crippen LogP contribution < -0.4 is 5.32 Å². The highest BCUT2D eigenvalue weighted by atomic mass is 16.3. The maximum absolute atomic E-state index is 11.2. The van der Waals surface area contributed by atoms with Gasteiger partial charge >= 0.3 is 0 Å². The van der Waals surface area contributed by atoms with Crippen molar-refractivity contribution < 1.29 is 5.11 Å². The molecule has 0 aliphatic heterocycles. The average molecular weight is 271 g/mol. The van der Waals surface area contributed by atoms with E-state index in [-0.39, 0.29) is 5.92 Å². The lowest BCUT2D eigenvalue weighted by Gasteiger charge is -2.36. The van der Waals surface area contributed by atoms with Gasteiger partial charge in [0, 0.05) is 18.9 Å². The van der Waals surface area contributed by atoms with Crippen LogP contribution in [0.3, 0.4) is 0 Å². The second-order valence-electron chi connectivity index (χ2n) is 5.11. The van der Waals surface area contributed by atoms with Gasteiger partial charge in [0.1, 0.15) is 0 Å². The molecule has 0 radical (unpaired) electrons. The van der Waals surface area contributed by atoms with Gasteiger partial charge in [-0.25, -0.2) is 0 Å². The van der Waals surface area contributed by atoms with Crippen LogP contribution in [0.2, 0.25) is 0 Å². The lowest BCUT2D eigenvalue weighted by atomic mass is 9.77. The molecule has 0 saturated carbocycles. The van der Waals surface area contributed by atoms with E-state index in [2.05, 4.69) is 18.5 Å². The average Bonchev–Trinajstić information content (AvgIpc) is 2.45. The van der Waals surface area contributed by atoms with Crippen molar-refractivity contribution in [2.75, 3.05) is 13.6 Å². The smallest absolute Gasteiger partial charge is 0.0973 e. The summed E-state index contributed by atoms with van der Waals surface area (Å²) in [5, 5.41) is 14.4. The lowest BCUT2D eigenvalue weighted by Crippen LogP contribution is -2.44. The summed E-state index contributed by atoms with van der Waals surface area (Å²) in [5.41, 5.74) is 0.953. The Morgan fingerprint density at radius 1 is 1.35 bits per heavy atom. The summed E-state index contributed by atoms with van der Waals surface area (Å²) in [7, 11) is 1.89. The molecule has 0 aromatic heterocycles. The number of benzene rings is 1. The van der Waals surface area contributed by atoms with E-state index in [1.807, 2.05) is 50.4 Å². The molecule has 20 heavy (non-hydrogen) atoms. The first-order valence-corrected chi connectivity index (χ1v) is 6.95. The zero-order valence-electron chi connectivity index (χ0n) is 12.5. The van der Waals surface area contributed by atoms with Crippen molar-refractivity contribution in [3.8, 4) is 0 Å². The number of allylic oxidation sites excluding steroid dienone is 2. The highest BCUT2D eigenvalue weighted by Crippen LogP contribution is 2.31. The molecule has 1 aromatic rings. The fourth-order valence-electron chi connectivity index (χ4n) is 2.46. The van der Waals surface area contributed by atoms with Crippen molar-refractivity contribution in [1.82, 2.24) is 5.32 Å². The first kappa shape index (κ1) is 16.4. The van der Waals surface area contributed by atoms with Crippen LogP contribution in [0.1, 0.15) is 12.5 Å². The van der Waals surface area contributed by atoms with E-state index in [0.717, 1.165) is 17.7 Å². The standard InChI is InChI=1S/C18H25NO/c1-5-10-17(6-2)18(20,15(3)14-19-4)13-16-11-8-7-9-12-16/h5-12,15,19-20H,1-2,13-14H2,3-4H3/b17-10+. The Labute approximate surface area is 122 Å². The molecule has 1 rings (SSSR count). The van der Waals surface area contributed by atoms with Gasteiger partial charge in [-0.15, -0.1) is 0 Å². The number of hydrogen-bond acceptors (Lipinski definition) is 2. The van der Waals surface area contributed by atoms with E-state index in [1.165, 1.54) is 0 Å². The Bertz CT molecular complexity index is 464. The quantitative estimate of drug-likeness (QED) is 0.712. The van der Waals surface area contributed by atoms with Gasteiger partial charge in [0.2, 0.25) is 0 Å². The van der Waals surface area contributed by atoms with Crippen molar-refractivity contribution in [1.29, 1.82) is 0 Å². The summed E-state index contributed by atoms with van der Waals surface area (Å²) in [4.78, 5) is 0. The van der Waals surface area contributed by atoms with Gasteiger partial charge in [0.25, 0.3) is 0 Å². The molecule has 0 fully saturated rings. The minimum Gasteiger partial charge on any atom is -0.384 e. The van der Waals surface area contributed by atoms with Crippen LogP contribution in [-0.2, 0) is 6.42 Å². The molecule has 2 nitrogen and oxygen atoms in total. The van der Waals surface area contributed by atoms with E-state index in [9.17, 15) is 5.11 Å². The van der Waals surface area contributed by atoms with Gasteiger partial charge < -0.3 is 10.4 Å². The SMILES string of the molecule is C=C/C=C(\C=C)C(O)(Cc1ccccc1)C(C)CNC. The Morgan fingerprint density at radius 2 is 2.00 bits per heavy atom. The summed E-state index contributed by atoms with van der Waals surface area (Å²) in [6.45, 7) is 10.3. The van der Waals surface area contributed by atoms with Crippen LogP contribution in [0, 0.1) is 5.92 Å². The fraction of sp³-hybridized carbons (Fsp3) is 0.333. The van der Waals surface area contributed by atoms with Crippen molar-refractivity contribution in [2.45, 2.75) is 18.9 Å². The molecule has 0 aliphatic carbocycles. The van der Waals surface area contributed by atoms with Crippen LogP contribution in [0.25, 0.3) is 0 Å². The molecule has 0 bridgehead atoms. The molecular formula is C18H25NO. The number of hydrogen-bond donors (Lipinski definition) is 2. The molecule has 0 saturated heterocycles. The summed E-state index contributed by atoms with van der Waals surface area (Å²) in [5.74, 6) is 0.0527. The van der Waals surface area contributed by atoms with E-state index in [1.54, 1.807) is 12.2 Å². The molecule has 2 atom stereocenters. The predicted octanol–water partition coefficient (Wildman–Crippen LogP) is 3.11. The monoisotopic (exact) mass is 271 g/mol. The van der Waals surface area contributed by atoms with Crippen LogP contribution in [0.15, 0.2) is 67.3 Å². The number of nitrogens with one attached hydrogen (secondary N) is 1. The van der Waals surface area contributed by atoms with Crippen LogP contribution in [-0.4, -0.2) is 24.3 Å². The molecule has 2 N–H and O–H groups in total. The second-order valence-corrected chi connectivity index (χ2v) is 5.11. The maximum atomic E-state index is 11.2. The normalized spacial score (nSPS) is 16.2. The van der Waals surface area contributed by atoms with Gasteiger partial charge in [-0.1, -0.05) is 68.6 Å². The molecule has 0 spiro atoms. The minimum absolute atomic E-state index is 0.0527. The van der Waals surface area contributed by atoms with Crippen molar-refractivity contribution in [2.24, 2.45) is 5.92 Å². The summed E-state index contributed by atoms with van der Waals surface area (Å²) in [6, 6.07) is 10.0. The lowest BCUT2D eigenvalue weighted by molar-refractivity contribution is 0.0284. The molecule has 2 heteroatoms. The topological polar surface area (TPSA) is 32.3 Å². The number of aliphatic hydroxyl groups is 1. The first-order valence-electron chi connectivity index (χ1n) is 6.95. The predicted molar refractivity (Wildman–Crippen MR) is 86.7 cm³/mol. The fourth-order valence-corrected chi connectivity index (χ4v) is 2.46. The maximum Gasteiger partial charge on any atom is 0.0973 e. The molecule has 2 unspecified atom stereocenters. The molecule has 1 aromatic carbocycles. The third-order valence-corrected chi connectivity index (χ3v) is 3.66. The van der Waals surface area contributed by atoms with Crippen molar-refractivity contribution in [3.63, 3.8) is 0 Å². The first-order chi connectivity index (χ1) is 9.58. The highest BCUT2D eigenvalue weighted by molar-refractivity contribution is 5.34. The summed E-state index contributed by atoms with van der Waals surface area (Å²) < 4.78 is 0. The van der Waals surface area contributed by atoms with E-state index >= 15 is 0 Å². The van der Waals surface area contributed by atoms with E-state index < -0.39 is 5.60 Å². The summed E-state index contributed by atoms with van der Waals surface area (Å²) >= 11 is 0. The molecular weight excluding hydrogens is 246 g/mol.